The minimum Gasteiger partial charge on any atom is -0.355 e. The van der Waals surface area contributed by atoms with Gasteiger partial charge in [0, 0.05) is 26.2 Å². The summed E-state index contributed by atoms with van der Waals surface area (Å²) >= 11 is 0. The molecule has 0 bridgehead atoms. The van der Waals surface area contributed by atoms with E-state index < -0.39 is 10.2 Å². The van der Waals surface area contributed by atoms with E-state index in [0.717, 1.165) is 0 Å². The van der Waals surface area contributed by atoms with Gasteiger partial charge in [0.05, 0.1) is 6.54 Å². The maximum atomic E-state index is 12.1. The zero-order chi connectivity index (χ0) is 13.5. The Balaban J connectivity index is 4.80. The SMILES string of the molecule is CCNC(=O)CN(CC)S(=O)(=O)N(CC)CC. The van der Waals surface area contributed by atoms with Crippen LogP contribution in [0.3, 0.4) is 0 Å². The summed E-state index contributed by atoms with van der Waals surface area (Å²) in [6.45, 7) is 8.56. The van der Waals surface area contributed by atoms with Gasteiger partial charge in [0.25, 0.3) is 10.2 Å². The third-order valence-electron chi connectivity index (χ3n) is 2.40. The van der Waals surface area contributed by atoms with Gasteiger partial charge in [-0.1, -0.05) is 20.8 Å². The minimum absolute atomic E-state index is 0.122. The molecule has 0 rings (SSSR count). The maximum absolute atomic E-state index is 12.1. The van der Waals surface area contributed by atoms with Crippen molar-refractivity contribution in [1.29, 1.82) is 0 Å². The van der Waals surface area contributed by atoms with Crippen LogP contribution in [0.25, 0.3) is 0 Å². The van der Waals surface area contributed by atoms with Crippen LogP contribution in [-0.2, 0) is 15.0 Å². The molecule has 0 aliphatic rings. The fourth-order valence-corrected chi connectivity index (χ4v) is 3.07. The van der Waals surface area contributed by atoms with E-state index in [0.29, 0.717) is 19.6 Å². The average molecular weight is 265 g/mol. The molecule has 0 aromatic heterocycles. The lowest BCUT2D eigenvalue weighted by Gasteiger charge is -2.27. The van der Waals surface area contributed by atoms with E-state index in [1.807, 2.05) is 0 Å². The molecule has 7 heteroatoms. The third-order valence-corrected chi connectivity index (χ3v) is 4.61. The van der Waals surface area contributed by atoms with E-state index in [9.17, 15) is 13.2 Å². The highest BCUT2D eigenvalue weighted by Gasteiger charge is 2.27. The van der Waals surface area contributed by atoms with Crippen LogP contribution in [-0.4, -0.2) is 55.7 Å². The van der Waals surface area contributed by atoms with E-state index in [2.05, 4.69) is 5.32 Å². The standard InChI is InChI=1S/C10H23N3O3S/c1-5-11-10(14)9-13(8-4)17(15,16)12(6-2)7-3/h5-9H2,1-4H3,(H,11,14). The first kappa shape index (κ1) is 16.3. The largest absolute Gasteiger partial charge is 0.355 e. The molecule has 17 heavy (non-hydrogen) atoms. The molecule has 0 unspecified atom stereocenters. The van der Waals surface area contributed by atoms with Crippen LogP contribution in [0.5, 0.6) is 0 Å². The molecule has 1 amide bonds. The van der Waals surface area contributed by atoms with Gasteiger partial charge in [-0.3, -0.25) is 4.79 Å². The van der Waals surface area contributed by atoms with Crippen LogP contribution < -0.4 is 5.32 Å². The van der Waals surface area contributed by atoms with E-state index in [-0.39, 0.29) is 19.0 Å². The highest BCUT2D eigenvalue weighted by molar-refractivity contribution is 7.86. The first-order valence-corrected chi connectivity index (χ1v) is 7.35. The number of likely N-dealkylation sites (N-methyl/N-ethyl adjacent to an activating group) is 2. The summed E-state index contributed by atoms with van der Waals surface area (Å²) in [4.78, 5) is 11.4. The predicted molar refractivity (Wildman–Crippen MR) is 67.8 cm³/mol. The Morgan fingerprint density at radius 2 is 1.47 bits per heavy atom. The van der Waals surface area contributed by atoms with E-state index >= 15 is 0 Å². The summed E-state index contributed by atoms with van der Waals surface area (Å²) in [5, 5.41) is 2.59. The van der Waals surface area contributed by atoms with Crippen molar-refractivity contribution in [3.63, 3.8) is 0 Å². The van der Waals surface area contributed by atoms with E-state index in [1.54, 1.807) is 27.7 Å². The fourth-order valence-electron chi connectivity index (χ4n) is 1.48. The molecule has 0 saturated heterocycles. The number of hydrogen-bond donors (Lipinski definition) is 1. The summed E-state index contributed by atoms with van der Waals surface area (Å²) in [6.07, 6.45) is 0. The number of amides is 1. The van der Waals surface area contributed by atoms with E-state index in [4.69, 9.17) is 0 Å². The van der Waals surface area contributed by atoms with Crippen molar-refractivity contribution in [2.24, 2.45) is 0 Å². The lowest BCUT2D eigenvalue weighted by molar-refractivity contribution is -0.121. The van der Waals surface area contributed by atoms with Crippen molar-refractivity contribution in [2.45, 2.75) is 27.7 Å². The molecular formula is C10H23N3O3S. The Bertz CT molecular complexity index is 326. The lowest BCUT2D eigenvalue weighted by Crippen LogP contribution is -2.47. The fraction of sp³-hybridized carbons (Fsp3) is 0.900. The molecule has 0 fully saturated rings. The van der Waals surface area contributed by atoms with Crippen LogP contribution in [0.1, 0.15) is 27.7 Å². The highest BCUT2D eigenvalue weighted by atomic mass is 32.2. The Morgan fingerprint density at radius 1 is 1.00 bits per heavy atom. The Kier molecular flexibility index (Phi) is 7.33. The molecule has 0 heterocycles. The highest BCUT2D eigenvalue weighted by Crippen LogP contribution is 2.07. The van der Waals surface area contributed by atoms with Crippen molar-refractivity contribution >= 4 is 16.1 Å². The first-order valence-electron chi connectivity index (χ1n) is 5.95. The molecule has 0 radical (unpaired) electrons. The van der Waals surface area contributed by atoms with Crippen molar-refractivity contribution in [1.82, 2.24) is 13.9 Å². The Morgan fingerprint density at radius 3 is 1.82 bits per heavy atom. The number of carbonyl (C=O) groups is 1. The monoisotopic (exact) mass is 265 g/mol. The van der Waals surface area contributed by atoms with Crippen LogP contribution in [0.2, 0.25) is 0 Å². The predicted octanol–water partition coefficient (Wildman–Crippen LogP) is 0.0310. The summed E-state index contributed by atoms with van der Waals surface area (Å²) in [5.41, 5.74) is 0. The summed E-state index contributed by atoms with van der Waals surface area (Å²) < 4.78 is 26.8. The van der Waals surface area contributed by atoms with Gasteiger partial charge >= 0.3 is 0 Å². The van der Waals surface area contributed by atoms with Crippen LogP contribution in [0.15, 0.2) is 0 Å². The molecule has 0 aliphatic carbocycles. The third kappa shape index (κ3) is 4.61. The molecule has 0 atom stereocenters. The van der Waals surface area contributed by atoms with Crippen LogP contribution in [0, 0.1) is 0 Å². The van der Waals surface area contributed by atoms with Crippen molar-refractivity contribution in [3.8, 4) is 0 Å². The maximum Gasteiger partial charge on any atom is 0.282 e. The van der Waals surface area contributed by atoms with Crippen LogP contribution >= 0.6 is 0 Å². The van der Waals surface area contributed by atoms with Crippen LogP contribution in [0.4, 0.5) is 0 Å². The van der Waals surface area contributed by atoms with Gasteiger partial charge < -0.3 is 5.32 Å². The smallest absolute Gasteiger partial charge is 0.282 e. The topological polar surface area (TPSA) is 69.7 Å². The molecule has 0 aromatic carbocycles. The Hall–Kier alpha value is -0.660. The molecule has 0 saturated carbocycles. The molecule has 1 N–H and O–H groups in total. The number of hydrogen-bond acceptors (Lipinski definition) is 3. The van der Waals surface area contributed by atoms with Gasteiger partial charge in [-0.15, -0.1) is 0 Å². The number of nitrogens with one attached hydrogen (secondary N) is 1. The normalized spacial score (nSPS) is 12.1. The number of rotatable bonds is 8. The summed E-state index contributed by atoms with van der Waals surface area (Å²) in [6, 6.07) is 0. The molecular weight excluding hydrogens is 242 g/mol. The summed E-state index contributed by atoms with van der Waals surface area (Å²) in [5.74, 6) is -0.273. The Labute approximate surface area is 104 Å². The average Bonchev–Trinajstić information content (AvgIpc) is 2.27. The second kappa shape index (κ2) is 7.62. The number of nitrogens with zero attached hydrogens (tertiary/aromatic N) is 2. The second-order valence-corrected chi connectivity index (χ2v) is 5.40. The quantitative estimate of drug-likeness (QED) is 0.673. The van der Waals surface area contributed by atoms with Gasteiger partial charge in [-0.25, -0.2) is 0 Å². The van der Waals surface area contributed by atoms with Gasteiger partial charge in [0.1, 0.15) is 0 Å². The van der Waals surface area contributed by atoms with Gasteiger partial charge in [-0.2, -0.15) is 17.0 Å². The molecule has 0 spiro atoms. The second-order valence-electron chi connectivity index (χ2n) is 3.47. The van der Waals surface area contributed by atoms with Crippen molar-refractivity contribution in [3.05, 3.63) is 0 Å². The first-order chi connectivity index (χ1) is 7.93. The zero-order valence-corrected chi connectivity index (χ0v) is 11.9. The van der Waals surface area contributed by atoms with Gasteiger partial charge in [0.15, 0.2) is 0 Å². The van der Waals surface area contributed by atoms with Crippen molar-refractivity contribution in [2.75, 3.05) is 32.7 Å². The van der Waals surface area contributed by atoms with Gasteiger partial charge in [-0.05, 0) is 6.92 Å². The molecule has 102 valence electrons. The number of carbonyl (C=O) groups excluding carboxylic acids is 1. The zero-order valence-electron chi connectivity index (χ0n) is 11.1. The molecule has 0 aliphatic heterocycles. The molecule has 6 nitrogen and oxygen atoms in total. The molecule has 0 aromatic rings. The summed E-state index contributed by atoms with van der Waals surface area (Å²) in [7, 11) is -3.52. The lowest BCUT2D eigenvalue weighted by atomic mass is 10.5. The van der Waals surface area contributed by atoms with E-state index in [1.165, 1.54) is 8.61 Å². The van der Waals surface area contributed by atoms with Gasteiger partial charge in [0.2, 0.25) is 5.91 Å². The van der Waals surface area contributed by atoms with Crippen molar-refractivity contribution < 1.29 is 13.2 Å². The minimum atomic E-state index is -3.52.